The molecule has 0 aromatic rings. The summed E-state index contributed by atoms with van der Waals surface area (Å²) >= 11 is 0. The van der Waals surface area contributed by atoms with Crippen molar-refractivity contribution in [3.8, 4) is 23.7 Å². The van der Waals surface area contributed by atoms with E-state index in [4.69, 9.17) is 9.47 Å². The zero-order valence-electron chi connectivity index (χ0n) is 22.3. The first-order valence-corrected chi connectivity index (χ1v) is 14.0. The summed E-state index contributed by atoms with van der Waals surface area (Å²) in [5, 5.41) is 0. The standard InChI is InChI=1S/C32H46O2/c1-6-7-8-9-12-15-29-30(33-29)16-13-10-11-14-26-20-19-25-18-17-24(2)23-28-27(31(28,3)4)21-22-32(25,5)34-26/h20,23,25,27-30H,6-9,12,15-19,21-22H2,1-5H3. The van der Waals surface area contributed by atoms with Gasteiger partial charge in [-0.25, -0.2) is 0 Å². The van der Waals surface area contributed by atoms with Gasteiger partial charge in [0.05, 0.1) is 12.2 Å². The minimum Gasteiger partial charge on any atom is -0.479 e. The summed E-state index contributed by atoms with van der Waals surface area (Å²) in [6.45, 7) is 11.8. The number of ether oxygens (including phenoxy) is 2. The Bertz CT molecular complexity index is 901. The van der Waals surface area contributed by atoms with Crippen LogP contribution in [-0.4, -0.2) is 17.8 Å². The van der Waals surface area contributed by atoms with Crippen molar-refractivity contribution in [1.82, 2.24) is 0 Å². The van der Waals surface area contributed by atoms with Gasteiger partial charge < -0.3 is 9.47 Å². The average Bonchev–Trinajstić information content (AvgIpc) is 3.66. The van der Waals surface area contributed by atoms with Gasteiger partial charge in [0.15, 0.2) is 5.76 Å². The van der Waals surface area contributed by atoms with Gasteiger partial charge in [0.25, 0.3) is 0 Å². The molecule has 2 fully saturated rings. The van der Waals surface area contributed by atoms with Gasteiger partial charge in [0.1, 0.15) is 5.60 Å². The van der Waals surface area contributed by atoms with Crippen molar-refractivity contribution in [3.63, 3.8) is 0 Å². The van der Waals surface area contributed by atoms with E-state index in [1.165, 1.54) is 57.8 Å². The third-order valence-corrected chi connectivity index (χ3v) is 9.16. The molecule has 0 N–H and O–H groups in total. The second-order valence-corrected chi connectivity index (χ2v) is 12.1. The molecule has 2 aliphatic heterocycles. The van der Waals surface area contributed by atoms with Crippen molar-refractivity contribution < 1.29 is 9.47 Å². The number of allylic oxidation sites excluding steroid dienone is 4. The lowest BCUT2D eigenvalue weighted by Crippen LogP contribution is -2.40. The van der Waals surface area contributed by atoms with Crippen LogP contribution in [0.3, 0.4) is 0 Å². The van der Waals surface area contributed by atoms with Crippen LogP contribution in [0.5, 0.6) is 0 Å². The maximum Gasteiger partial charge on any atom is 0.167 e. The van der Waals surface area contributed by atoms with Crippen LogP contribution in [0, 0.1) is 46.9 Å². The molecule has 186 valence electrons. The molecule has 2 heterocycles. The SMILES string of the molecule is CCCCCCCC1OC1CC#CC#CC1=CCC2CCC(C)=CC3C(CCC2(C)O1)C3(C)C. The van der Waals surface area contributed by atoms with Crippen molar-refractivity contribution in [3.05, 3.63) is 23.5 Å². The Balaban J connectivity index is 1.26. The molecule has 2 aliphatic carbocycles. The maximum absolute atomic E-state index is 6.58. The highest BCUT2D eigenvalue weighted by atomic mass is 16.6. The van der Waals surface area contributed by atoms with Crippen molar-refractivity contribution in [2.75, 3.05) is 0 Å². The maximum atomic E-state index is 6.58. The lowest BCUT2D eigenvalue weighted by molar-refractivity contribution is -0.0503. The van der Waals surface area contributed by atoms with Crippen LogP contribution < -0.4 is 0 Å². The molecule has 0 bridgehead atoms. The molecule has 0 spiro atoms. The third kappa shape index (κ3) is 6.32. The number of hydrogen-bond donors (Lipinski definition) is 0. The number of rotatable bonds is 7. The van der Waals surface area contributed by atoms with Crippen LogP contribution in [0.25, 0.3) is 0 Å². The molecular weight excluding hydrogens is 416 g/mol. The van der Waals surface area contributed by atoms with Crippen LogP contribution in [0.1, 0.15) is 112 Å². The van der Waals surface area contributed by atoms with E-state index in [0.717, 1.165) is 36.9 Å². The number of hydrogen-bond acceptors (Lipinski definition) is 2. The predicted octanol–water partition coefficient (Wildman–Crippen LogP) is 7.98. The molecule has 0 radical (unpaired) electrons. The Kier molecular flexibility index (Phi) is 8.20. The molecule has 0 amide bonds. The Labute approximate surface area is 209 Å². The molecular formula is C32H46O2. The summed E-state index contributed by atoms with van der Waals surface area (Å²) in [7, 11) is 0. The number of epoxide rings is 1. The summed E-state index contributed by atoms with van der Waals surface area (Å²) in [5.74, 6) is 15.5. The van der Waals surface area contributed by atoms with Gasteiger partial charge in [-0.1, -0.05) is 70.4 Å². The lowest BCUT2D eigenvalue weighted by Gasteiger charge is -2.41. The number of unbranched alkanes of at least 4 members (excludes halogenated alkanes) is 4. The molecule has 4 aliphatic rings. The van der Waals surface area contributed by atoms with Gasteiger partial charge in [-0.15, -0.1) is 0 Å². The van der Waals surface area contributed by atoms with E-state index in [1.54, 1.807) is 5.57 Å². The Hall–Kier alpha value is -1.64. The van der Waals surface area contributed by atoms with Gasteiger partial charge in [-0.2, -0.15) is 0 Å². The normalized spacial score (nSPS) is 35.5. The van der Waals surface area contributed by atoms with Gasteiger partial charge in [0.2, 0.25) is 0 Å². The predicted molar refractivity (Wildman–Crippen MR) is 141 cm³/mol. The zero-order valence-corrected chi connectivity index (χ0v) is 22.3. The molecule has 4 rings (SSSR count). The Morgan fingerprint density at radius 2 is 1.85 bits per heavy atom. The summed E-state index contributed by atoms with van der Waals surface area (Å²) in [6.07, 6.45) is 20.0. The van der Waals surface area contributed by atoms with Crippen LogP contribution in [0.2, 0.25) is 0 Å². The highest BCUT2D eigenvalue weighted by Gasteiger charge is 2.56. The highest BCUT2D eigenvalue weighted by Crippen LogP contribution is 2.62. The van der Waals surface area contributed by atoms with Crippen LogP contribution in [-0.2, 0) is 9.47 Å². The Morgan fingerprint density at radius 1 is 1.03 bits per heavy atom. The van der Waals surface area contributed by atoms with E-state index in [2.05, 4.69) is 70.5 Å². The van der Waals surface area contributed by atoms with E-state index < -0.39 is 0 Å². The fourth-order valence-corrected chi connectivity index (χ4v) is 6.38. The molecule has 0 aromatic heterocycles. The van der Waals surface area contributed by atoms with Crippen molar-refractivity contribution in [1.29, 1.82) is 0 Å². The van der Waals surface area contributed by atoms with Crippen molar-refractivity contribution in [2.45, 2.75) is 129 Å². The second-order valence-electron chi connectivity index (χ2n) is 12.1. The van der Waals surface area contributed by atoms with Crippen molar-refractivity contribution >= 4 is 0 Å². The highest BCUT2D eigenvalue weighted by molar-refractivity contribution is 5.35. The van der Waals surface area contributed by atoms with Crippen molar-refractivity contribution in [2.24, 2.45) is 23.2 Å². The second kappa shape index (κ2) is 11.0. The van der Waals surface area contributed by atoms with Gasteiger partial charge in [0, 0.05) is 12.3 Å². The van der Waals surface area contributed by atoms with E-state index in [-0.39, 0.29) is 5.60 Å². The first-order chi connectivity index (χ1) is 16.3. The summed E-state index contributed by atoms with van der Waals surface area (Å²) < 4.78 is 12.4. The third-order valence-electron chi connectivity index (χ3n) is 9.16. The topological polar surface area (TPSA) is 21.8 Å². The first-order valence-electron chi connectivity index (χ1n) is 14.0. The van der Waals surface area contributed by atoms with Gasteiger partial charge in [-0.05, 0) is 93.5 Å². The summed E-state index contributed by atoms with van der Waals surface area (Å²) in [6, 6.07) is 0. The fraction of sp³-hybridized carbons (Fsp3) is 0.750. The van der Waals surface area contributed by atoms with Gasteiger partial charge >= 0.3 is 0 Å². The lowest BCUT2D eigenvalue weighted by atomic mass is 9.76. The van der Waals surface area contributed by atoms with Crippen LogP contribution in [0.4, 0.5) is 0 Å². The van der Waals surface area contributed by atoms with Crippen LogP contribution >= 0.6 is 0 Å². The zero-order chi connectivity index (χ0) is 24.2. The minimum absolute atomic E-state index is 0.112. The molecule has 6 unspecified atom stereocenters. The summed E-state index contributed by atoms with van der Waals surface area (Å²) in [5.41, 5.74) is 1.90. The smallest absolute Gasteiger partial charge is 0.167 e. The van der Waals surface area contributed by atoms with E-state index >= 15 is 0 Å². The summed E-state index contributed by atoms with van der Waals surface area (Å²) in [4.78, 5) is 0. The largest absolute Gasteiger partial charge is 0.479 e. The minimum atomic E-state index is -0.112. The molecule has 1 saturated heterocycles. The molecule has 0 aromatic carbocycles. The van der Waals surface area contributed by atoms with Crippen LogP contribution in [0.15, 0.2) is 23.5 Å². The monoisotopic (exact) mass is 462 g/mol. The molecule has 2 heteroatoms. The molecule has 2 nitrogen and oxygen atoms in total. The molecule has 6 atom stereocenters. The quantitative estimate of drug-likeness (QED) is 0.165. The number of fused-ring (bicyclic) bond motifs is 2. The Morgan fingerprint density at radius 3 is 2.68 bits per heavy atom. The molecule has 34 heavy (non-hydrogen) atoms. The van der Waals surface area contributed by atoms with E-state index in [9.17, 15) is 0 Å². The van der Waals surface area contributed by atoms with E-state index in [0.29, 0.717) is 23.5 Å². The first kappa shape index (κ1) is 25.5. The fourth-order valence-electron chi connectivity index (χ4n) is 6.38. The molecule has 1 saturated carbocycles. The average molecular weight is 463 g/mol. The van der Waals surface area contributed by atoms with E-state index in [1.807, 2.05) is 0 Å². The van der Waals surface area contributed by atoms with Gasteiger partial charge in [-0.3, -0.25) is 0 Å².